The summed E-state index contributed by atoms with van der Waals surface area (Å²) in [4.78, 5) is 16.1. The molecule has 0 spiro atoms. The van der Waals surface area contributed by atoms with Crippen molar-refractivity contribution in [1.29, 1.82) is 0 Å². The molecule has 20 heavy (non-hydrogen) atoms. The number of hydrogen-bond donors (Lipinski definition) is 1. The van der Waals surface area contributed by atoms with E-state index in [2.05, 4.69) is 4.98 Å². The lowest BCUT2D eigenvalue weighted by Gasteiger charge is -2.25. The van der Waals surface area contributed by atoms with Gasteiger partial charge in [0.25, 0.3) is 0 Å². The molecule has 3 heteroatoms. The van der Waals surface area contributed by atoms with Crippen LogP contribution in [0.2, 0.25) is 0 Å². The van der Waals surface area contributed by atoms with Crippen LogP contribution in [0.4, 0.5) is 0 Å². The lowest BCUT2D eigenvalue weighted by molar-refractivity contribution is -0.148. The first kappa shape index (κ1) is 14.5. The average Bonchev–Trinajstić information content (AvgIpc) is 2.38. The van der Waals surface area contributed by atoms with E-state index in [1.807, 2.05) is 51.1 Å². The van der Waals surface area contributed by atoms with Gasteiger partial charge in [-0.15, -0.1) is 0 Å². The van der Waals surface area contributed by atoms with Gasteiger partial charge in [-0.05, 0) is 44.4 Å². The van der Waals surface area contributed by atoms with Gasteiger partial charge in [-0.25, -0.2) is 0 Å². The standard InChI is InChI=1S/C17H21NO2/c1-4-9-17(3,16(19)20)11-13-10-12(2)18-15-8-6-5-7-14(13)15/h5-8,10H,4,9,11H2,1-3H3,(H,19,20). The highest BCUT2D eigenvalue weighted by atomic mass is 16.4. The molecular weight excluding hydrogens is 250 g/mol. The summed E-state index contributed by atoms with van der Waals surface area (Å²) in [5.74, 6) is -0.724. The second-order valence-corrected chi connectivity index (χ2v) is 5.73. The molecule has 106 valence electrons. The van der Waals surface area contributed by atoms with Gasteiger partial charge in [-0.2, -0.15) is 0 Å². The number of aryl methyl sites for hydroxylation is 1. The van der Waals surface area contributed by atoms with Crippen LogP contribution < -0.4 is 0 Å². The summed E-state index contributed by atoms with van der Waals surface area (Å²) in [5, 5.41) is 10.6. The Labute approximate surface area is 119 Å². The van der Waals surface area contributed by atoms with Gasteiger partial charge in [0.1, 0.15) is 0 Å². The monoisotopic (exact) mass is 271 g/mol. The van der Waals surface area contributed by atoms with E-state index >= 15 is 0 Å². The number of carboxylic acid groups (broad SMARTS) is 1. The van der Waals surface area contributed by atoms with Crippen molar-refractivity contribution in [3.05, 3.63) is 41.6 Å². The highest BCUT2D eigenvalue weighted by Gasteiger charge is 2.32. The molecule has 0 saturated heterocycles. The number of nitrogens with zero attached hydrogens (tertiary/aromatic N) is 1. The normalized spacial score (nSPS) is 14.2. The van der Waals surface area contributed by atoms with Crippen molar-refractivity contribution in [3.8, 4) is 0 Å². The van der Waals surface area contributed by atoms with Crippen LogP contribution in [0.5, 0.6) is 0 Å². The molecule has 0 aliphatic heterocycles. The zero-order valence-corrected chi connectivity index (χ0v) is 12.3. The second kappa shape index (κ2) is 5.61. The molecule has 1 heterocycles. The number of aliphatic carboxylic acids is 1. The van der Waals surface area contributed by atoms with E-state index in [0.717, 1.165) is 28.6 Å². The fraction of sp³-hybridized carbons (Fsp3) is 0.412. The number of carboxylic acids is 1. The molecule has 1 atom stereocenters. The summed E-state index contributed by atoms with van der Waals surface area (Å²) in [6.07, 6.45) is 2.09. The number of pyridine rings is 1. The molecule has 3 nitrogen and oxygen atoms in total. The van der Waals surface area contributed by atoms with Gasteiger partial charge in [0.15, 0.2) is 0 Å². The number of carbonyl (C=O) groups is 1. The molecular formula is C17H21NO2. The molecule has 0 bridgehead atoms. The van der Waals surface area contributed by atoms with Crippen molar-refractivity contribution in [2.75, 3.05) is 0 Å². The van der Waals surface area contributed by atoms with E-state index in [1.54, 1.807) is 0 Å². The van der Waals surface area contributed by atoms with Crippen LogP contribution in [0.25, 0.3) is 10.9 Å². The molecule has 2 aromatic rings. The summed E-state index contributed by atoms with van der Waals surface area (Å²) < 4.78 is 0. The number of fused-ring (bicyclic) bond motifs is 1. The number of aromatic nitrogens is 1. The average molecular weight is 271 g/mol. The Morgan fingerprint density at radius 1 is 1.35 bits per heavy atom. The van der Waals surface area contributed by atoms with Crippen molar-refractivity contribution in [3.63, 3.8) is 0 Å². The molecule has 0 aliphatic carbocycles. The van der Waals surface area contributed by atoms with E-state index < -0.39 is 11.4 Å². The molecule has 0 fully saturated rings. The van der Waals surface area contributed by atoms with Gasteiger partial charge in [0.05, 0.1) is 10.9 Å². The maximum absolute atomic E-state index is 11.6. The SMILES string of the molecule is CCCC(C)(Cc1cc(C)nc2ccccc12)C(=O)O. The Kier molecular flexibility index (Phi) is 4.07. The Bertz CT molecular complexity index is 636. The van der Waals surface area contributed by atoms with E-state index in [1.165, 1.54) is 0 Å². The topological polar surface area (TPSA) is 50.2 Å². The van der Waals surface area contributed by atoms with Crippen LogP contribution >= 0.6 is 0 Å². The van der Waals surface area contributed by atoms with Gasteiger partial charge >= 0.3 is 5.97 Å². The third-order valence-electron chi connectivity index (χ3n) is 3.83. The fourth-order valence-corrected chi connectivity index (χ4v) is 2.78. The molecule has 1 unspecified atom stereocenters. The molecule has 0 amide bonds. The van der Waals surface area contributed by atoms with Crippen LogP contribution in [0.3, 0.4) is 0 Å². The maximum Gasteiger partial charge on any atom is 0.309 e. The maximum atomic E-state index is 11.6. The molecule has 2 rings (SSSR count). The van der Waals surface area contributed by atoms with E-state index in [-0.39, 0.29) is 0 Å². The van der Waals surface area contributed by atoms with Crippen molar-refractivity contribution >= 4 is 16.9 Å². The van der Waals surface area contributed by atoms with Crippen LogP contribution in [-0.2, 0) is 11.2 Å². The van der Waals surface area contributed by atoms with Gasteiger partial charge in [-0.3, -0.25) is 9.78 Å². The van der Waals surface area contributed by atoms with Crippen molar-refractivity contribution < 1.29 is 9.90 Å². The Balaban J connectivity index is 2.49. The lowest BCUT2D eigenvalue weighted by Crippen LogP contribution is -2.30. The van der Waals surface area contributed by atoms with E-state index in [4.69, 9.17) is 0 Å². The Morgan fingerprint density at radius 3 is 2.70 bits per heavy atom. The van der Waals surface area contributed by atoms with Crippen LogP contribution in [0.1, 0.15) is 37.9 Å². The molecule has 0 saturated carbocycles. The Hall–Kier alpha value is -1.90. The van der Waals surface area contributed by atoms with Crippen LogP contribution in [-0.4, -0.2) is 16.1 Å². The predicted molar refractivity (Wildman–Crippen MR) is 80.8 cm³/mol. The number of para-hydroxylation sites is 1. The minimum Gasteiger partial charge on any atom is -0.481 e. The van der Waals surface area contributed by atoms with Crippen molar-refractivity contribution in [2.45, 2.75) is 40.0 Å². The van der Waals surface area contributed by atoms with Crippen molar-refractivity contribution in [2.24, 2.45) is 5.41 Å². The molecule has 1 aromatic carbocycles. The van der Waals surface area contributed by atoms with Crippen LogP contribution in [0, 0.1) is 12.3 Å². The first-order valence-corrected chi connectivity index (χ1v) is 7.05. The third-order valence-corrected chi connectivity index (χ3v) is 3.83. The summed E-state index contributed by atoms with van der Waals surface area (Å²) in [5.41, 5.74) is 2.23. The van der Waals surface area contributed by atoms with Gasteiger partial charge < -0.3 is 5.11 Å². The third kappa shape index (κ3) is 2.82. The molecule has 0 radical (unpaired) electrons. The van der Waals surface area contributed by atoms with Gasteiger partial charge in [-0.1, -0.05) is 31.5 Å². The quantitative estimate of drug-likeness (QED) is 0.895. The molecule has 1 N–H and O–H groups in total. The van der Waals surface area contributed by atoms with Crippen LogP contribution in [0.15, 0.2) is 30.3 Å². The number of hydrogen-bond acceptors (Lipinski definition) is 2. The highest BCUT2D eigenvalue weighted by molar-refractivity contribution is 5.83. The lowest BCUT2D eigenvalue weighted by atomic mass is 9.79. The molecule has 1 aromatic heterocycles. The smallest absolute Gasteiger partial charge is 0.309 e. The summed E-state index contributed by atoms with van der Waals surface area (Å²) in [6.45, 7) is 5.81. The van der Waals surface area contributed by atoms with E-state index in [9.17, 15) is 9.90 Å². The number of rotatable bonds is 5. The predicted octanol–water partition coefficient (Wildman–Crippen LogP) is 3.98. The second-order valence-electron chi connectivity index (χ2n) is 5.73. The zero-order chi connectivity index (χ0) is 14.8. The number of benzene rings is 1. The fourth-order valence-electron chi connectivity index (χ4n) is 2.78. The summed E-state index contributed by atoms with van der Waals surface area (Å²) >= 11 is 0. The minimum absolute atomic E-state index is 0.542. The molecule has 0 aliphatic rings. The van der Waals surface area contributed by atoms with Gasteiger partial charge in [0.2, 0.25) is 0 Å². The summed E-state index contributed by atoms with van der Waals surface area (Å²) in [7, 11) is 0. The first-order chi connectivity index (χ1) is 9.46. The Morgan fingerprint density at radius 2 is 2.05 bits per heavy atom. The minimum atomic E-state index is -0.724. The summed E-state index contributed by atoms with van der Waals surface area (Å²) in [6, 6.07) is 9.94. The first-order valence-electron chi connectivity index (χ1n) is 7.05. The van der Waals surface area contributed by atoms with E-state index in [0.29, 0.717) is 12.8 Å². The highest BCUT2D eigenvalue weighted by Crippen LogP contribution is 2.31. The largest absolute Gasteiger partial charge is 0.481 e. The van der Waals surface area contributed by atoms with Gasteiger partial charge in [0, 0.05) is 11.1 Å². The van der Waals surface area contributed by atoms with Crippen molar-refractivity contribution in [1.82, 2.24) is 4.98 Å². The zero-order valence-electron chi connectivity index (χ0n) is 12.3.